The first-order valence-corrected chi connectivity index (χ1v) is 16.1. The Kier molecular flexibility index (Phi) is 7.88. The number of ether oxygens (including phenoxy) is 1. The van der Waals surface area contributed by atoms with Crippen LogP contribution in [-0.2, 0) is 17.7 Å². The molecule has 4 atom stereocenters. The molecule has 220 valence electrons. The molecule has 1 spiro atoms. The Labute approximate surface area is 253 Å². The average molecular weight is 584 g/mol. The van der Waals surface area contributed by atoms with Crippen LogP contribution < -0.4 is 0 Å². The highest BCUT2D eigenvalue weighted by molar-refractivity contribution is 7.14. The highest BCUT2D eigenvalue weighted by Crippen LogP contribution is 2.61. The fourth-order valence-electron chi connectivity index (χ4n) is 7.60. The number of aryl methyl sites for hydroxylation is 1. The molecule has 42 heavy (non-hydrogen) atoms. The fourth-order valence-corrected chi connectivity index (χ4v) is 8.42. The Morgan fingerprint density at radius 2 is 1.88 bits per heavy atom. The van der Waals surface area contributed by atoms with Crippen LogP contribution in [0.5, 0.6) is 0 Å². The number of benzene rings is 2. The number of carbonyl (C=O) groups is 2. The molecular formula is C36H41NO4S. The van der Waals surface area contributed by atoms with Crippen LogP contribution in [0.4, 0.5) is 4.79 Å². The van der Waals surface area contributed by atoms with Crippen molar-refractivity contribution >= 4 is 23.2 Å². The predicted molar refractivity (Wildman–Crippen MR) is 167 cm³/mol. The first-order chi connectivity index (χ1) is 20.2. The summed E-state index contributed by atoms with van der Waals surface area (Å²) >= 11 is 1.53. The van der Waals surface area contributed by atoms with E-state index in [0.29, 0.717) is 25.9 Å². The third-order valence-electron chi connectivity index (χ3n) is 10.1. The van der Waals surface area contributed by atoms with Crippen LogP contribution in [0.25, 0.3) is 0 Å². The zero-order valence-corrected chi connectivity index (χ0v) is 25.7. The first kappa shape index (κ1) is 28.9. The fraction of sp³-hybridized carbons (Fsp3) is 0.444. The molecule has 1 saturated heterocycles. The lowest BCUT2D eigenvalue weighted by Gasteiger charge is -2.43. The van der Waals surface area contributed by atoms with E-state index in [1.54, 1.807) is 0 Å². The van der Waals surface area contributed by atoms with Crippen molar-refractivity contribution in [3.05, 3.63) is 104 Å². The van der Waals surface area contributed by atoms with Gasteiger partial charge < -0.3 is 9.84 Å². The molecule has 3 aromatic rings. The van der Waals surface area contributed by atoms with E-state index in [1.807, 2.05) is 48.2 Å². The van der Waals surface area contributed by atoms with Gasteiger partial charge in [-0.3, -0.25) is 9.69 Å². The lowest BCUT2D eigenvalue weighted by molar-refractivity contribution is -0.0373. The Bertz CT molecular complexity index is 1510. The van der Waals surface area contributed by atoms with Gasteiger partial charge in [0.2, 0.25) is 5.78 Å². The highest BCUT2D eigenvalue weighted by Gasteiger charge is 2.63. The molecule has 4 aliphatic rings. The molecule has 2 aromatic carbocycles. The van der Waals surface area contributed by atoms with Gasteiger partial charge in [0.15, 0.2) is 0 Å². The molecule has 4 unspecified atom stereocenters. The van der Waals surface area contributed by atoms with E-state index < -0.39 is 11.7 Å². The van der Waals surface area contributed by atoms with Gasteiger partial charge in [-0.05, 0) is 99.6 Å². The van der Waals surface area contributed by atoms with Gasteiger partial charge in [-0.2, -0.15) is 0 Å². The van der Waals surface area contributed by atoms with Crippen molar-refractivity contribution in [2.45, 2.75) is 89.9 Å². The minimum absolute atomic E-state index is 0.0414. The SMILES string of the molecule is CC1=CCCC2(C)C(CCC23CN(Cc2ccccc2)C(=O)O3)c2ccc(cc2C(=O)c2ccc(C)s2)CC(O)CC1. The van der Waals surface area contributed by atoms with Crippen LogP contribution in [0.2, 0.25) is 0 Å². The van der Waals surface area contributed by atoms with Crippen LogP contribution in [0.1, 0.15) is 95.1 Å². The van der Waals surface area contributed by atoms with Gasteiger partial charge in [-0.15, -0.1) is 11.3 Å². The molecule has 1 saturated carbocycles. The number of carbonyl (C=O) groups excluding carboxylic acids is 2. The lowest BCUT2D eigenvalue weighted by Crippen LogP contribution is -2.48. The van der Waals surface area contributed by atoms with Crippen molar-refractivity contribution in [2.75, 3.05) is 6.54 Å². The number of aliphatic hydroxyl groups is 1. The lowest BCUT2D eigenvalue weighted by atomic mass is 9.65. The number of aliphatic hydroxyl groups excluding tert-OH is 1. The summed E-state index contributed by atoms with van der Waals surface area (Å²) in [6.45, 7) is 7.54. The van der Waals surface area contributed by atoms with Crippen LogP contribution in [0.3, 0.4) is 0 Å². The van der Waals surface area contributed by atoms with Crippen LogP contribution >= 0.6 is 11.3 Å². The number of rotatable bonds is 4. The molecule has 2 fully saturated rings. The smallest absolute Gasteiger partial charge is 0.410 e. The summed E-state index contributed by atoms with van der Waals surface area (Å²) in [5.74, 6) is 0.0947. The zero-order chi connectivity index (χ0) is 29.5. The summed E-state index contributed by atoms with van der Waals surface area (Å²) in [7, 11) is 0. The monoisotopic (exact) mass is 583 g/mol. The Hall–Kier alpha value is -3.22. The Balaban J connectivity index is 1.42. The predicted octanol–water partition coefficient (Wildman–Crippen LogP) is 7.99. The molecule has 1 aromatic heterocycles. The maximum atomic E-state index is 14.1. The molecule has 7 rings (SSSR count). The van der Waals surface area contributed by atoms with Gasteiger partial charge in [-0.1, -0.05) is 61.0 Å². The minimum Gasteiger partial charge on any atom is -0.440 e. The molecule has 2 heterocycles. The maximum absolute atomic E-state index is 14.1. The van der Waals surface area contributed by atoms with Crippen molar-refractivity contribution in [3.63, 3.8) is 0 Å². The number of allylic oxidation sites excluding steroid dienone is 2. The van der Waals surface area contributed by atoms with Crippen LogP contribution in [-0.4, -0.2) is 40.1 Å². The normalized spacial score (nSPS) is 28.0. The standard InChI is InChI=1S/C36H41NO4S/c1-24-8-7-18-35(3)31(17-19-36(35)23-37(34(40)41-36)22-26-9-5-4-6-10-26)29-15-13-27(20-28(38)14-11-24)21-30(29)33(39)32-16-12-25(2)42-32/h4-6,8-10,12-13,15-16,21,28,31,38H,7,11,14,17-20,22-23H2,1-3H3. The molecule has 1 amide bonds. The summed E-state index contributed by atoms with van der Waals surface area (Å²) in [5.41, 5.74) is 4.13. The number of nitrogens with zero attached hydrogens (tertiary/aromatic N) is 1. The summed E-state index contributed by atoms with van der Waals surface area (Å²) < 4.78 is 6.45. The van der Waals surface area contributed by atoms with Gasteiger partial charge in [0.05, 0.1) is 17.5 Å². The van der Waals surface area contributed by atoms with E-state index in [-0.39, 0.29) is 23.2 Å². The van der Waals surface area contributed by atoms with Crippen molar-refractivity contribution in [2.24, 2.45) is 5.41 Å². The number of hydrogen-bond donors (Lipinski definition) is 1. The van der Waals surface area contributed by atoms with Gasteiger partial charge in [-0.25, -0.2) is 4.79 Å². The van der Waals surface area contributed by atoms with Crippen molar-refractivity contribution in [1.82, 2.24) is 4.90 Å². The second-order valence-corrected chi connectivity index (χ2v) is 14.1. The number of amides is 1. The van der Waals surface area contributed by atoms with Gasteiger partial charge in [0, 0.05) is 22.4 Å². The van der Waals surface area contributed by atoms with Crippen LogP contribution in [0.15, 0.2) is 72.3 Å². The average Bonchev–Trinajstić information content (AvgIpc) is 3.63. The van der Waals surface area contributed by atoms with E-state index in [9.17, 15) is 14.7 Å². The topological polar surface area (TPSA) is 66.8 Å². The third kappa shape index (κ3) is 5.35. The summed E-state index contributed by atoms with van der Waals surface area (Å²) in [5, 5.41) is 10.8. The number of fused-ring (bicyclic) bond motifs is 8. The van der Waals surface area contributed by atoms with Crippen LogP contribution in [0, 0.1) is 12.3 Å². The molecule has 5 nitrogen and oxygen atoms in total. The van der Waals surface area contributed by atoms with Crippen molar-refractivity contribution < 1.29 is 19.4 Å². The Morgan fingerprint density at radius 3 is 2.64 bits per heavy atom. The molecular weight excluding hydrogens is 542 g/mol. The highest BCUT2D eigenvalue weighted by atomic mass is 32.1. The molecule has 1 aliphatic heterocycles. The number of thiophene rings is 1. The second-order valence-electron chi connectivity index (χ2n) is 12.9. The first-order valence-electron chi connectivity index (χ1n) is 15.3. The van der Waals surface area contributed by atoms with E-state index in [2.05, 4.69) is 44.2 Å². The van der Waals surface area contributed by atoms with Gasteiger partial charge in [0.25, 0.3) is 0 Å². The molecule has 2 bridgehead atoms. The summed E-state index contributed by atoms with van der Waals surface area (Å²) in [6, 6.07) is 20.3. The van der Waals surface area contributed by atoms with E-state index in [1.165, 1.54) is 16.9 Å². The third-order valence-corrected chi connectivity index (χ3v) is 11.1. The van der Waals surface area contributed by atoms with E-state index in [4.69, 9.17) is 4.74 Å². The molecule has 3 aliphatic carbocycles. The summed E-state index contributed by atoms with van der Waals surface area (Å²) in [6.07, 6.45) is 6.96. The van der Waals surface area contributed by atoms with Gasteiger partial charge in [0.1, 0.15) is 5.60 Å². The van der Waals surface area contributed by atoms with E-state index >= 15 is 0 Å². The van der Waals surface area contributed by atoms with Crippen molar-refractivity contribution in [3.8, 4) is 0 Å². The largest absolute Gasteiger partial charge is 0.440 e. The van der Waals surface area contributed by atoms with E-state index in [0.717, 1.165) is 64.1 Å². The molecule has 0 radical (unpaired) electrons. The minimum atomic E-state index is -0.628. The molecule has 1 N–H and O–H groups in total. The zero-order valence-electron chi connectivity index (χ0n) is 24.9. The molecule has 6 heteroatoms. The maximum Gasteiger partial charge on any atom is 0.410 e. The Morgan fingerprint density at radius 1 is 1.07 bits per heavy atom. The summed E-state index contributed by atoms with van der Waals surface area (Å²) in [4.78, 5) is 31.2. The number of hydrogen-bond acceptors (Lipinski definition) is 5. The van der Waals surface area contributed by atoms with Crippen molar-refractivity contribution in [1.29, 1.82) is 0 Å². The quantitative estimate of drug-likeness (QED) is 0.250. The second kappa shape index (κ2) is 11.5. The number of ketones is 1. The van der Waals surface area contributed by atoms with Gasteiger partial charge >= 0.3 is 6.09 Å².